The van der Waals surface area contributed by atoms with Gasteiger partial charge < -0.3 is 9.40 Å². The molecule has 0 spiro atoms. The third-order valence-corrected chi connectivity index (χ3v) is 5.98. The fourth-order valence-corrected chi connectivity index (χ4v) is 4.29. The molecule has 0 unspecified atom stereocenters. The van der Waals surface area contributed by atoms with Crippen LogP contribution in [0.4, 0.5) is 0 Å². The number of aromatic nitrogens is 5. The Morgan fingerprint density at radius 1 is 1.16 bits per heavy atom. The second kappa shape index (κ2) is 8.05. The van der Waals surface area contributed by atoms with Gasteiger partial charge in [0.25, 0.3) is 5.56 Å². The predicted molar refractivity (Wildman–Crippen MR) is 122 cm³/mol. The van der Waals surface area contributed by atoms with Gasteiger partial charge in [0, 0.05) is 22.5 Å². The Morgan fingerprint density at radius 2 is 1.97 bits per heavy atom. The number of rotatable bonds is 6. The van der Waals surface area contributed by atoms with E-state index in [0.29, 0.717) is 39.4 Å². The van der Waals surface area contributed by atoms with Gasteiger partial charge in [-0.2, -0.15) is 0 Å². The van der Waals surface area contributed by atoms with Crippen molar-refractivity contribution in [1.82, 2.24) is 24.7 Å². The summed E-state index contributed by atoms with van der Waals surface area (Å²) in [6.07, 6.45) is 1.79. The molecule has 0 aliphatic carbocycles. The molecule has 31 heavy (non-hydrogen) atoms. The van der Waals surface area contributed by atoms with Gasteiger partial charge in [0.05, 0.1) is 5.75 Å². The summed E-state index contributed by atoms with van der Waals surface area (Å²) >= 11 is 7.44. The Morgan fingerprint density at radius 3 is 2.77 bits per heavy atom. The zero-order chi connectivity index (χ0) is 21.4. The molecular formula is C22H16ClN5O2S. The first-order valence-corrected chi connectivity index (χ1v) is 10.8. The largest absolute Gasteiger partial charge is 0.449 e. The van der Waals surface area contributed by atoms with E-state index in [1.807, 2.05) is 53.1 Å². The number of hydrogen-bond donors (Lipinski definition) is 1. The van der Waals surface area contributed by atoms with Crippen LogP contribution in [0.15, 0.2) is 75.6 Å². The van der Waals surface area contributed by atoms with Gasteiger partial charge >= 0.3 is 0 Å². The van der Waals surface area contributed by atoms with E-state index < -0.39 is 0 Å². The maximum atomic E-state index is 12.5. The molecule has 7 nitrogen and oxygen atoms in total. The molecule has 5 aromatic rings. The first-order chi connectivity index (χ1) is 15.1. The van der Waals surface area contributed by atoms with Gasteiger partial charge in [0.2, 0.25) is 5.58 Å². The van der Waals surface area contributed by atoms with Crippen LogP contribution in [0.1, 0.15) is 5.82 Å². The standard InChI is InChI=1S/C22H16ClN5O2S/c1-2-11-28-20(13-7-9-14(23)10-8-13)26-27-22(28)31-12-17-24-18-15-5-3-4-6-16(15)30-19(18)21(29)25-17/h2-10H,1,11-12H2,(H,24,25,29). The summed E-state index contributed by atoms with van der Waals surface area (Å²) in [4.78, 5) is 19.9. The average molecular weight is 450 g/mol. The number of fused-ring (bicyclic) bond motifs is 3. The third kappa shape index (κ3) is 3.64. The van der Waals surface area contributed by atoms with Crippen LogP contribution >= 0.6 is 23.4 Å². The number of benzene rings is 2. The van der Waals surface area contributed by atoms with Crippen molar-refractivity contribution in [3.63, 3.8) is 0 Å². The minimum Gasteiger partial charge on any atom is -0.449 e. The van der Waals surface area contributed by atoms with Crippen molar-refractivity contribution in [3.8, 4) is 11.4 Å². The van der Waals surface area contributed by atoms with Crippen LogP contribution in [-0.4, -0.2) is 24.7 Å². The highest BCUT2D eigenvalue weighted by Gasteiger charge is 2.16. The van der Waals surface area contributed by atoms with Crippen molar-refractivity contribution in [1.29, 1.82) is 0 Å². The SMILES string of the molecule is C=CCn1c(SCc2nc3c(oc4ccccc43)c(=O)[nH]2)nnc1-c1ccc(Cl)cc1. The van der Waals surface area contributed by atoms with Crippen LogP contribution in [0.3, 0.4) is 0 Å². The molecule has 0 radical (unpaired) electrons. The first-order valence-electron chi connectivity index (χ1n) is 9.47. The number of hydrogen-bond acceptors (Lipinski definition) is 6. The number of thioether (sulfide) groups is 1. The smallest absolute Gasteiger partial charge is 0.294 e. The summed E-state index contributed by atoms with van der Waals surface area (Å²) in [7, 11) is 0. The second-order valence-electron chi connectivity index (χ2n) is 6.79. The molecule has 9 heteroatoms. The summed E-state index contributed by atoms with van der Waals surface area (Å²) in [5.41, 5.74) is 2.03. The van der Waals surface area contributed by atoms with E-state index in [0.717, 1.165) is 16.8 Å². The molecule has 0 saturated heterocycles. The average Bonchev–Trinajstić information content (AvgIpc) is 3.35. The minimum absolute atomic E-state index is 0.231. The van der Waals surface area contributed by atoms with Crippen molar-refractivity contribution < 1.29 is 4.42 Å². The molecule has 0 fully saturated rings. The molecule has 0 aliphatic rings. The number of H-pyrrole nitrogens is 1. The second-order valence-corrected chi connectivity index (χ2v) is 8.17. The summed E-state index contributed by atoms with van der Waals surface area (Å²) in [6.45, 7) is 4.38. The molecule has 154 valence electrons. The number of nitrogens with zero attached hydrogens (tertiary/aromatic N) is 4. The monoisotopic (exact) mass is 449 g/mol. The van der Waals surface area contributed by atoms with Crippen LogP contribution < -0.4 is 5.56 Å². The van der Waals surface area contributed by atoms with E-state index in [1.54, 1.807) is 6.08 Å². The number of furan rings is 1. The lowest BCUT2D eigenvalue weighted by molar-refractivity contribution is 0.660. The molecular weight excluding hydrogens is 434 g/mol. The quantitative estimate of drug-likeness (QED) is 0.288. The molecule has 3 heterocycles. The van der Waals surface area contributed by atoms with E-state index in [-0.39, 0.29) is 11.1 Å². The van der Waals surface area contributed by atoms with Crippen LogP contribution in [0.25, 0.3) is 33.5 Å². The van der Waals surface area contributed by atoms with Crippen molar-refractivity contribution in [3.05, 3.63) is 82.4 Å². The molecule has 1 N–H and O–H groups in total. The maximum Gasteiger partial charge on any atom is 0.294 e. The number of allylic oxidation sites excluding steroid dienone is 1. The zero-order valence-electron chi connectivity index (χ0n) is 16.2. The summed E-state index contributed by atoms with van der Waals surface area (Å²) in [5, 5.41) is 10.8. The molecule has 5 rings (SSSR count). The highest BCUT2D eigenvalue weighted by atomic mass is 35.5. The minimum atomic E-state index is -0.300. The van der Waals surface area contributed by atoms with Crippen LogP contribution in [0, 0.1) is 0 Å². The fraction of sp³-hybridized carbons (Fsp3) is 0.0909. The summed E-state index contributed by atoms with van der Waals surface area (Å²) in [5.74, 6) is 1.67. The number of nitrogens with one attached hydrogen (secondary N) is 1. The lowest BCUT2D eigenvalue weighted by Crippen LogP contribution is -2.10. The summed E-state index contributed by atoms with van der Waals surface area (Å²) < 4.78 is 7.62. The number of aromatic amines is 1. The topological polar surface area (TPSA) is 89.6 Å². The van der Waals surface area contributed by atoms with Crippen molar-refractivity contribution in [2.45, 2.75) is 17.5 Å². The van der Waals surface area contributed by atoms with Crippen LogP contribution in [-0.2, 0) is 12.3 Å². The number of halogens is 1. The lowest BCUT2D eigenvalue weighted by atomic mass is 10.2. The zero-order valence-corrected chi connectivity index (χ0v) is 17.8. The highest BCUT2D eigenvalue weighted by Crippen LogP contribution is 2.28. The summed E-state index contributed by atoms with van der Waals surface area (Å²) in [6, 6.07) is 14.9. The van der Waals surface area contributed by atoms with E-state index in [1.165, 1.54) is 11.8 Å². The molecule has 0 atom stereocenters. The van der Waals surface area contributed by atoms with Gasteiger partial charge in [-0.15, -0.1) is 16.8 Å². The van der Waals surface area contributed by atoms with Gasteiger partial charge in [-0.1, -0.05) is 41.6 Å². The van der Waals surface area contributed by atoms with Crippen molar-refractivity contribution in [2.24, 2.45) is 0 Å². The molecule has 3 aromatic heterocycles. The molecule has 0 saturated carbocycles. The maximum absolute atomic E-state index is 12.5. The molecule has 2 aromatic carbocycles. The highest BCUT2D eigenvalue weighted by molar-refractivity contribution is 7.98. The normalized spacial score (nSPS) is 11.4. The van der Waals surface area contributed by atoms with E-state index in [2.05, 4.69) is 26.7 Å². The Kier molecular flexibility index (Phi) is 5.09. The molecule has 0 amide bonds. The van der Waals surface area contributed by atoms with Gasteiger partial charge in [-0.05, 0) is 36.4 Å². The van der Waals surface area contributed by atoms with Gasteiger partial charge in [-0.25, -0.2) is 4.98 Å². The fourth-order valence-electron chi connectivity index (χ4n) is 3.35. The molecule has 0 bridgehead atoms. The Bertz CT molecular complexity index is 1470. The van der Waals surface area contributed by atoms with Crippen molar-refractivity contribution in [2.75, 3.05) is 0 Å². The lowest BCUT2D eigenvalue weighted by Gasteiger charge is -2.07. The Hall–Kier alpha value is -3.36. The van der Waals surface area contributed by atoms with E-state index in [4.69, 9.17) is 16.0 Å². The van der Waals surface area contributed by atoms with Gasteiger partial charge in [-0.3, -0.25) is 9.36 Å². The molecule has 0 aliphatic heterocycles. The van der Waals surface area contributed by atoms with E-state index >= 15 is 0 Å². The Balaban J connectivity index is 1.47. The van der Waals surface area contributed by atoms with E-state index in [9.17, 15) is 4.79 Å². The third-order valence-electron chi connectivity index (χ3n) is 4.75. The number of para-hydroxylation sites is 1. The van der Waals surface area contributed by atoms with Crippen molar-refractivity contribution >= 4 is 45.4 Å². The predicted octanol–water partition coefficient (Wildman–Crippen LogP) is 5.06. The van der Waals surface area contributed by atoms with Crippen LogP contribution in [0.5, 0.6) is 0 Å². The Labute approximate surface area is 185 Å². The van der Waals surface area contributed by atoms with Crippen LogP contribution in [0.2, 0.25) is 5.02 Å². The first kappa shape index (κ1) is 19.6. The van der Waals surface area contributed by atoms with Gasteiger partial charge in [0.1, 0.15) is 16.9 Å². The van der Waals surface area contributed by atoms with Gasteiger partial charge in [0.15, 0.2) is 11.0 Å².